The van der Waals surface area contributed by atoms with Crippen LogP contribution in [0.5, 0.6) is 0 Å². The van der Waals surface area contributed by atoms with E-state index in [-0.39, 0.29) is 6.15 Å². The third kappa shape index (κ3) is 2.58. The third-order valence-corrected chi connectivity index (χ3v) is 2.09. The molecular weight excluding hydrogens is 162 g/mol. The molecule has 6 N–H and O–H groups in total. The number of aliphatic hydroxyl groups excluding tert-OH is 1. The van der Waals surface area contributed by atoms with Gasteiger partial charge in [-0.1, -0.05) is 0 Å². The van der Waals surface area contributed by atoms with Gasteiger partial charge in [0.15, 0.2) is 0 Å². The Morgan fingerprint density at radius 1 is 1.50 bits per heavy atom. The smallest absolute Gasteiger partial charge is 0.297 e. The second-order valence-corrected chi connectivity index (χ2v) is 3.64. The third-order valence-electron chi connectivity index (χ3n) is 0.849. The van der Waals surface area contributed by atoms with Gasteiger partial charge < -0.3 is 16.4 Å². The lowest BCUT2D eigenvalue weighted by Gasteiger charge is -2.14. The summed E-state index contributed by atoms with van der Waals surface area (Å²) in [6.45, 7) is -0.228. The van der Waals surface area contributed by atoms with E-state index in [1.165, 1.54) is 0 Å². The Morgan fingerprint density at radius 2 is 1.80 bits per heavy atom. The van der Waals surface area contributed by atoms with Crippen molar-refractivity contribution >= 4 is 10.1 Å². The summed E-state index contributed by atoms with van der Waals surface area (Å²) in [7, 11) is -4.55. The van der Waals surface area contributed by atoms with Gasteiger partial charge in [0.1, 0.15) is 0 Å². The first-order valence-corrected chi connectivity index (χ1v) is 3.55. The molecule has 0 aliphatic rings. The van der Waals surface area contributed by atoms with Crippen molar-refractivity contribution < 1.29 is 23.2 Å². The molecule has 0 bridgehead atoms. The predicted octanol–water partition coefficient (Wildman–Crippen LogP) is -1.26. The van der Waals surface area contributed by atoms with Gasteiger partial charge in [0.25, 0.3) is 10.1 Å². The number of hydrogen-bond donors (Lipinski definition) is 4. The van der Waals surface area contributed by atoms with E-state index in [2.05, 4.69) is 0 Å². The molecular formula is C3H11NO5S. The molecule has 7 heteroatoms. The molecule has 1 unspecified atom stereocenters. The molecule has 6 nitrogen and oxygen atoms in total. The van der Waals surface area contributed by atoms with Gasteiger partial charge in [0.05, 0.1) is 6.61 Å². The maximum Gasteiger partial charge on any atom is 0.297 e. The molecule has 64 valence electrons. The van der Waals surface area contributed by atoms with Gasteiger partial charge in [-0.05, 0) is 6.92 Å². The fraction of sp³-hybridized carbons (Fsp3) is 1.00. The number of rotatable bonds is 2. The molecule has 0 saturated heterocycles. The van der Waals surface area contributed by atoms with Crippen LogP contribution in [0.4, 0.5) is 0 Å². The monoisotopic (exact) mass is 173 g/mol. The van der Waals surface area contributed by atoms with E-state index in [1.54, 1.807) is 0 Å². The first kappa shape index (κ1) is 12.5. The fourth-order valence-corrected chi connectivity index (χ4v) is 0.245. The Morgan fingerprint density at radius 3 is 1.80 bits per heavy atom. The zero-order chi connectivity index (χ0) is 7.71. The Balaban J connectivity index is 0. The van der Waals surface area contributed by atoms with Crippen LogP contribution in [0, 0.1) is 0 Å². The van der Waals surface area contributed by atoms with Gasteiger partial charge in [-0.15, -0.1) is 0 Å². The van der Waals surface area contributed by atoms with Crippen molar-refractivity contribution in [1.29, 1.82) is 0 Å². The van der Waals surface area contributed by atoms with E-state index in [1.807, 2.05) is 0 Å². The lowest BCUT2D eigenvalue weighted by molar-refractivity contribution is 0.0633. The molecule has 0 aromatic rings. The van der Waals surface area contributed by atoms with Crippen molar-refractivity contribution in [1.82, 2.24) is 6.15 Å². The zero-order valence-electron chi connectivity index (χ0n) is 5.48. The summed E-state index contributed by atoms with van der Waals surface area (Å²) in [6, 6.07) is 0. The van der Waals surface area contributed by atoms with E-state index in [0.717, 1.165) is 6.92 Å². The molecule has 0 aromatic heterocycles. The Labute approximate surface area is 58.8 Å². The topological polar surface area (TPSA) is 130 Å². The van der Waals surface area contributed by atoms with Crippen molar-refractivity contribution in [2.45, 2.75) is 11.9 Å². The van der Waals surface area contributed by atoms with Gasteiger partial charge in [-0.2, -0.15) is 8.42 Å². The van der Waals surface area contributed by atoms with Crippen LogP contribution in [0.15, 0.2) is 0 Å². The summed E-state index contributed by atoms with van der Waals surface area (Å²) < 4.78 is 28.2. The SMILES string of the molecule is CC(O)(CO)S(=O)(=O)O.N. The number of aliphatic hydroxyl groups is 2. The highest BCUT2D eigenvalue weighted by molar-refractivity contribution is 7.87. The summed E-state index contributed by atoms with van der Waals surface area (Å²) in [5.74, 6) is 0. The quantitative estimate of drug-likeness (QED) is 0.385. The maximum atomic E-state index is 10.0. The van der Waals surface area contributed by atoms with Crippen LogP contribution in [0.1, 0.15) is 6.92 Å². The molecule has 1 atom stereocenters. The highest BCUT2D eigenvalue weighted by Crippen LogP contribution is 2.08. The van der Waals surface area contributed by atoms with Crippen LogP contribution >= 0.6 is 0 Å². The van der Waals surface area contributed by atoms with Gasteiger partial charge in [0, 0.05) is 0 Å². The summed E-state index contributed by atoms with van der Waals surface area (Å²) in [6.07, 6.45) is 0. The molecule has 0 fully saturated rings. The predicted molar refractivity (Wildman–Crippen MR) is 34.3 cm³/mol. The van der Waals surface area contributed by atoms with Crippen molar-refractivity contribution in [3.63, 3.8) is 0 Å². The molecule has 0 aromatic carbocycles. The first-order chi connectivity index (χ1) is 3.81. The maximum absolute atomic E-state index is 10.0. The summed E-state index contributed by atoms with van der Waals surface area (Å²) in [5.41, 5.74) is 0. The molecule has 0 aliphatic heterocycles. The average molecular weight is 173 g/mol. The van der Waals surface area contributed by atoms with Crippen LogP contribution in [0.2, 0.25) is 0 Å². The van der Waals surface area contributed by atoms with Gasteiger partial charge in [-0.3, -0.25) is 4.55 Å². The summed E-state index contributed by atoms with van der Waals surface area (Å²) in [5, 5.41) is 16.7. The molecule has 0 radical (unpaired) electrons. The molecule has 0 saturated carbocycles. The van der Waals surface area contributed by atoms with Gasteiger partial charge in [0.2, 0.25) is 4.93 Å². The Bertz CT molecular complexity index is 183. The minimum absolute atomic E-state index is 0. The Kier molecular flexibility index (Phi) is 4.06. The lowest BCUT2D eigenvalue weighted by Crippen LogP contribution is -2.38. The standard InChI is InChI=1S/C3H8O5S.H3N/c1-3(5,2-4)9(6,7)8;/h4-5H,2H2,1H3,(H,6,7,8);1H3. The summed E-state index contributed by atoms with van der Waals surface area (Å²) >= 11 is 0. The van der Waals surface area contributed by atoms with E-state index >= 15 is 0 Å². The van der Waals surface area contributed by atoms with Crippen LogP contribution < -0.4 is 6.15 Å². The first-order valence-electron chi connectivity index (χ1n) is 2.11. The van der Waals surface area contributed by atoms with Crippen molar-refractivity contribution in [3.05, 3.63) is 0 Å². The van der Waals surface area contributed by atoms with E-state index in [4.69, 9.17) is 14.8 Å². The van der Waals surface area contributed by atoms with Gasteiger partial charge >= 0.3 is 0 Å². The highest BCUT2D eigenvalue weighted by atomic mass is 32.2. The van der Waals surface area contributed by atoms with E-state index in [9.17, 15) is 8.42 Å². The fourth-order valence-electron chi connectivity index (χ4n) is 0.0816. The minimum atomic E-state index is -4.55. The normalized spacial score (nSPS) is 17.2. The second kappa shape index (κ2) is 3.26. The largest absolute Gasteiger partial charge is 0.392 e. The highest BCUT2D eigenvalue weighted by Gasteiger charge is 2.34. The second-order valence-electron chi connectivity index (χ2n) is 1.81. The van der Waals surface area contributed by atoms with Gasteiger partial charge in [-0.25, -0.2) is 0 Å². The van der Waals surface area contributed by atoms with E-state index in [0.29, 0.717) is 0 Å². The molecule has 0 aliphatic carbocycles. The lowest BCUT2D eigenvalue weighted by atomic mass is 10.4. The molecule has 10 heavy (non-hydrogen) atoms. The van der Waals surface area contributed by atoms with Crippen LogP contribution in [-0.4, -0.2) is 34.7 Å². The van der Waals surface area contributed by atoms with Crippen LogP contribution in [0.25, 0.3) is 0 Å². The van der Waals surface area contributed by atoms with Crippen LogP contribution in [-0.2, 0) is 10.1 Å². The van der Waals surface area contributed by atoms with E-state index < -0.39 is 21.7 Å². The van der Waals surface area contributed by atoms with Crippen molar-refractivity contribution in [2.75, 3.05) is 6.61 Å². The van der Waals surface area contributed by atoms with Crippen molar-refractivity contribution in [3.8, 4) is 0 Å². The summed E-state index contributed by atoms with van der Waals surface area (Å²) in [4.78, 5) is -2.44. The number of hydrogen-bond acceptors (Lipinski definition) is 5. The van der Waals surface area contributed by atoms with Crippen molar-refractivity contribution in [2.24, 2.45) is 0 Å². The van der Waals surface area contributed by atoms with Crippen LogP contribution in [0.3, 0.4) is 0 Å². The average Bonchev–Trinajstić information content (AvgIpc) is 1.64. The molecule has 0 amide bonds. The minimum Gasteiger partial charge on any atom is -0.392 e. The molecule has 0 spiro atoms. The molecule has 0 rings (SSSR count). The zero-order valence-corrected chi connectivity index (χ0v) is 6.30. The molecule has 0 heterocycles. The Hall–Kier alpha value is -0.210.